The van der Waals surface area contributed by atoms with Crippen molar-refractivity contribution in [2.75, 3.05) is 18.8 Å². The normalized spacial score (nSPS) is 12.9. The molecule has 3 heteroatoms. The lowest BCUT2D eigenvalue weighted by molar-refractivity contribution is 0.529. The fourth-order valence-corrected chi connectivity index (χ4v) is 2.34. The molecule has 15 heavy (non-hydrogen) atoms. The van der Waals surface area contributed by atoms with E-state index in [0.717, 1.165) is 30.5 Å². The first kappa shape index (κ1) is 12.7. The van der Waals surface area contributed by atoms with E-state index in [1.165, 1.54) is 12.2 Å². The van der Waals surface area contributed by atoms with Crippen LogP contribution in [0.3, 0.4) is 0 Å². The van der Waals surface area contributed by atoms with Gasteiger partial charge in [0.25, 0.3) is 0 Å². The molecule has 0 aliphatic heterocycles. The molecule has 1 atom stereocenters. The van der Waals surface area contributed by atoms with Crippen LogP contribution in [0.2, 0.25) is 0 Å². The fourth-order valence-electron chi connectivity index (χ4n) is 1.34. The van der Waals surface area contributed by atoms with Crippen LogP contribution >= 0.6 is 11.8 Å². The number of furan rings is 1. The van der Waals surface area contributed by atoms with Gasteiger partial charge in [0.15, 0.2) is 0 Å². The second-order valence-electron chi connectivity index (χ2n) is 3.90. The Labute approximate surface area is 96.8 Å². The summed E-state index contributed by atoms with van der Waals surface area (Å²) in [7, 11) is 0. The second kappa shape index (κ2) is 7.83. The van der Waals surface area contributed by atoms with Crippen molar-refractivity contribution in [3.05, 3.63) is 24.2 Å². The summed E-state index contributed by atoms with van der Waals surface area (Å²) >= 11 is 1.94. The summed E-state index contributed by atoms with van der Waals surface area (Å²) in [6.07, 6.45) is 2.95. The maximum Gasteiger partial charge on any atom is 0.113 e. The zero-order valence-corrected chi connectivity index (χ0v) is 10.5. The third-order valence-electron chi connectivity index (χ3n) is 2.15. The highest BCUT2D eigenvalue weighted by Crippen LogP contribution is 2.15. The van der Waals surface area contributed by atoms with Crippen molar-refractivity contribution in [3.63, 3.8) is 0 Å². The molecule has 0 aliphatic rings. The molecule has 0 fully saturated rings. The van der Waals surface area contributed by atoms with Gasteiger partial charge >= 0.3 is 0 Å². The average molecular weight is 227 g/mol. The van der Waals surface area contributed by atoms with Gasteiger partial charge in [0.2, 0.25) is 0 Å². The summed E-state index contributed by atoms with van der Waals surface area (Å²) < 4.78 is 5.28. The number of rotatable bonds is 8. The first-order valence-electron chi connectivity index (χ1n) is 5.63. The van der Waals surface area contributed by atoms with Gasteiger partial charge in [-0.15, -0.1) is 0 Å². The predicted molar refractivity (Wildman–Crippen MR) is 67.2 cm³/mol. The van der Waals surface area contributed by atoms with E-state index in [9.17, 15) is 0 Å². The lowest BCUT2D eigenvalue weighted by Crippen LogP contribution is -2.23. The highest BCUT2D eigenvalue weighted by Gasteiger charge is 2.02. The van der Waals surface area contributed by atoms with Crippen molar-refractivity contribution in [2.24, 2.45) is 5.92 Å². The summed E-state index contributed by atoms with van der Waals surface area (Å²) in [5.74, 6) is 3.99. The number of thioether (sulfide) groups is 1. The topological polar surface area (TPSA) is 25.2 Å². The van der Waals surface area contributed by atoms with Gasteiger partial charge in [0, 0.05) is 0 Å². The predicted octanol–water partition coefficient (Wildman–Crippen LogP) is 3.15. The van der Waals surface area contributed by atoms with Crippen molar-refractivity contribution in [1.29, 1.82) is 0 Å². The Kier molecular flexibility index (Phi) is 6.60. The Morgan fingerprint density at radius 2 is 2.40 bits per heavy atom. The molecule has 1 aromatic rings. The van der Waals surface area contributed by atoms with Crippen molar-refractivity contribution in [3.8, 4) is 0 Å². The molecule has 0 bridgehead atoms. The van der Waals surface area contributed by atoms with Gasteiger partial charge in [-0.2, -0.15) is 11.8 Å². The number of hydrogen-bond acceptors (Lipinski definition) is 3. The molecule has 1 rings (SSSR count). The first-order valence-corrected chi connectivity index (χ1v) is 6.79. The van der Waals surface area contributed by atoms with Gasteiger partial charge < -0.3 is 9.73 Å². The molecule has 1 heterocycles. The van der Waals surface area contributed by atoms with Gasteiger partial charge in [-0.3, -0.25) is 0 Å². The van der Waals surface area contributed by atoms with Crippen molar-refractivity contribution < 1.29 is 4.42 Å². The van der Waals surface area contributed by atoms with Gasteiger partial charge in [0.05, 0.1) is 12.0 Å². The van der Waals surface area contributed by atoms with Crippen LogP contribution in [0.5, 0.6) is 0 Å². The molecular weight excluding hydrogens is 206 g/mol. The maximum atomic E-state index is 5.28. The van der Waals surface area contributed by atoms with Crippen LogP contribution in [0, 0.1) is 5.92 Å². The smallest absolute Gasteiger partial charge is 0.113 e. The molecule has 0 spiro atoms. The van der Waals surface area contributed by atoms with Crippen LogP contribution in [-0.4, -0.2) is 18.8 Å². The Morgan fingerprint density at radius 1 is 1.53 bits per heavy atom. The summed E-state index contributed by atoms with van der Waals surface area (Å²) in [6, 6.07) is 3.98. The molecule has 0 saturated carbocycles. The SMILES string of the molecule is CCCNCC(C)CSCc1ccco1. The minimum Gasteiger partial charge on any atom is -0.468 e. The molecule has 2 nitrogen and oxygen atoms in total. The molecule has 0 radical (unpaired) electrons. The van der Waals surface area contributed by atoms with E-state index in [-0.39, 0.29) is 0 Å². The van der Waals surface area contributed by atoms with Crippen molar-refractivity contribution in [2.45, 2.75) is 26.0 Å². The van der Waals surface area contributed by atoms with Gasteiger partial charge in [-0.25, -0.2) is 0 Å². The molecule has 1 N–H and O–H groups in total. The van der Waals surface area contributed by atoms with Crippen LogP contribution in [0.15, 0.2) is 22.8 Å². The Balaban J connectivity index is 1.99. The molecule has 0 aromatic carbocycles. The van der Waals surface area contributed by atoms with E-state index in [4.69, 9.17) is 4.42 Å². The first-order chi connectivity index (χ1) is 7.33. The quantitative estimate of drug-likeness (QED) is 0.691. The zero-order chi connectivity index (χ0) is 10.9. The monoisotopic (exact) mass is 227 g/mol. The Hall–Kier alpha value is -0.410. The standard InChI is InChI=1S/C12H21NOS/c1-3-6-13-8-11(2)9-15-10-12-5-4-7-14-12/h4-5,7,11,13H,3,6,8-10H2,1-2H3. The molecule has 0 saturated heterocycles. The van der Waals surface area contributed by atoms with Crippen molar-refractivity contribution in [1.82, 2.24) is 5.32 Å². The molecule has 0 aliphatic carbocycles. The van der Waals surface area contributed by atoms with Crippen LogP contribution in [0.1, 0.15) is 26.0 Å². The van der Waals surface area contributed by atoms with Crippen LogP contribution in [0.25, 0.3) is 0 Å². The van der Waals surface area contributed by atoms with E-state index in [0.29, 0.717) is 0 Å². The van der Waals surface area contributed by atoms with Gasteiger partial charge in [-0.05, 0) is 43.3 Å². The van der Waals surface area contributed by atoms with E-state index < -0.39 is 0 Å². The Morgan fingerprint density at radius 3 is 3.07 bits per heavy atom. The molecule has 0 amide bonds. The minimum atomic E-state index is 0.733. The Bertz CT molecular complexity index is 236. The summed E-state index contributed by atoms with van der Waals surface area (Å²) in [5.41, 5.74) is 0. The van der Waals surface area contributed by atoms with E-state index in [1.54, 1.807) is 6.26 Å². The third-order valence-corrected chi connectivity index (χ3v) is 3.44. The lowest BCUT2D eigenvalue weighted by Gasteiger charge is -2.11. The lowest BCUT2D eigenvalue weighted by atomic mass is 10.2. The summed E-state index contributed by atoms with van der Waals surface area (Å²) in [6.45, 7) is 6.74. The summed E-state index contributed by atoms with van der Waals surface area (Å²) in [4.78, 5) is 0. The fraction of sp³-hybridized carbons (Fsp3) is 0.667. The minimum absolute atomic E-state index is 0.733. The van der Waals surface area contributed by atoms with E-state index in [1.807, 2.05) is 23.9 Å². The van der Waals surface area contributed by atoms with Gasteiger partial charge in [-0.1, -0.05) is 13.8 Å². The van der Waals surface area contributed by atoms with Crippen molar-refractivity contribution >= 4 is 11.8 Å². The van der Waals surface area contributed by atoms with Crippen LogP contribution in [0.4, 0.5) is 0 Å². The third kappa shape index (κ3) is 5.90. The molecule has 1 unspecified atom stereocenters. The van der Waals surface area contributed by atoms with Gasteiger partial charge in [0.1, 0.15) is 5.76 Å². The second-order valence-corrected chi connectivity index (χ2v) is 4.93. The summed E-state index contributed by atoms with van der Waals surface area (Å²) in [5, 5.41) is 3.44. The largest absolute Gasteiger partial charge is 0.468 e. The molecule has 86 valence electrons. The highest BCUT2D eigenvalue weighted by molar-refractivity contribution is 7.98. The number of nitrogens with one attached hydrogen (secondary N) is 1. The molecule has 1 aromatic heterocycles. The highest BCUT2D eigenvalue weighted by atomic mass is 32.2. The average Bonchev–Trinajstić information content (AvgIpc) is 2.71. The van der Waals surface area contributed by atoms with Crippen LogP contribution in [-0.2, 0) is 5.75 Å². The zero-order valence-electron chi connectivity index (χ0n) is 9.66. The maximum absolute atomic E-state index is 5.28. The van der Waals surface area contributed by atoms with Crippen LogP contribution < -0.4 is 5.32 Å². The van der Waals surface area contributed by atoms with E-state index >= 15 is 0 Å². The van der Waals surface area contributed by atoms with E-state index in [2.05, 4.69) is 19.2 Å². The molecular formula is C12H21NOS. The number of hydrogen-bond donors (Lipinski definition) is 1.